The average molecular weight is 404 g/mol. The minimum atomic E-state index is -0.160. The van der Waals surface area contributed by atoms with E-state index in [-0.39, 0.29) is 5.56 Å². The molecule has 0 bridgehead atoms. The van der Waals surface area contributed by atoms with E-state index in [1.54, 1.807) is 28.8 Å². The second-order valence-corrected chi connectivity index (χ2v) is 7.45. The van der Waals surface area contributed by atoms with Gasteiger partial charge in [0.25, 0.3) is 5.56 Å². The van der Waals surface area contributed by atoms with Crippen molar-refractivity contribution in [2.75, 3.05) is 0 Å². The summed E-state index contributed by atoms with van der Waals surface area (Å²) >= 11 is 7.81. The van der Waals surface area contributed by atoms with Crippen LogP contribution >= 0.6 is 23.4 Å². The number of benzene rings is 3. The first kappa shape index (κ1) is 18.3. The summed E-state index contributed by atoms with van der Waals surface area (Å²) in [5.41, 5.74) is 2.67. The van der Waals surface area contributed by atoms with Gasteiger partial charge in [0.05, 0.1) is 33.2 Å². The molecular weight excluding hydrogens is 390 g/mol. The molecule has 3 aromatic carbocycles. The SMILES string of the molecule is N#Cc1cccc(CSc2nc3ccccc3c(=O)n2-c2ccccc2Cl)c1. The van der Waals surface area contributed by atoms with Crippen LogP contribution in [0.25, 0.3) is 16.6 Å². The van der Waals surface area contributed by atoms with Crippen LogP contribution in [-0.4, -0.2) is 9.55 Å². The molecule has 0 spiro atoms. The molecule has 0 saturated heterocycles. The van der Waals surface area contributed by atoms with Gasteiger partial charge in [0, 0.05) is 5.75 Å². The van der Waals surface area contributed by atoms with Crippen LogP contribution in [-0.2, 0) is 5.75 Å². The third-order valence-electron chi connectivity index (χ3n) is 4.26. The zero-order valence-corrected chi connectivity index (χ0v) is 16.2. The van der Waals surface area contributed by atoms with Crippen molar-refractivity contribution in [1.29, 1.82) is 5.26 Å². The molecule has 0 amide bonds. The maximum Gasteiger partial charge on any atom is 0.266 e. The monoisotopic (exact) mass is 403 g/mol. The van der Waals surface area contributed by atoms with Crippen molar-refractivity contribution in [3.05, 3.63) is 99.3 Å². The van der Waals surface area contributed by atoms with Gasteiger partial charge < -0.3 is 0 Å². The second-order valence-electron chi connectivity index (χ2n) is 6.10. The van der Waals surface area contributed by atoms with Gasteiger partial charge in [0.15, 0.2) is 5.16 Å². The van der Waals surface area contributed by atoms with E-state index < -0.39 is 0 Å². The molecule has 4 rings (SSSR count). The smallest absolute Gasteiger partial charge is 0.266 e. The van der Waals surface area contributed by atoms with E-state index in [4.69, 9.17) is 21.8 Å². The lowest BCUT2D eigenvalue weighted by atomic mass is 10.2. The van der Waals surface area contributed by atoms with E-state index >= 15 is 0 Å². The van der Waals surface area contributed by atoms with Crippen LogP contribution in [0.3, 0.4) is 0 Å². The number of nitriles is 1. The van der Waals surface area contributed by atoms with Crippen molar-refractivity contribution in [2.45, 2.75) is 10.9 Å². The van der Waals surface area contributed by atoms with Gasteiger partial charge in [-0.1, -0.05) is 59.8 Å². The molecule has 0 unspecified atom stereocenters. The minimum absolute atomic E-state index is 0.160. The molecule has 136 valence electrons. The fourth-order valence-corrected chi connectivity index (χ4v) is 4.10. The zero-order valence-electron chi connectivity index (χ0n) is 14.7. The van der Waals surface area contributed by atoms with E-state index in [0.717, 1.165) is 5.56 Å². The maximum atomic E-state index is 13.2. The highest BCUT2D eigenvalue weighted by Gasteiger charge is 2.15. The fourth-order valence-electron chi connectivity index (χ4n) is 2.93. The molecule has 0 radical (unpaired) electrons. The van der Waals surface area contributed by atoms with Crippen LogP contribution in [0.1, 0.15) is 11.1 Å². The summed E-state index contributed by atoms with van der Waals surface area (Å²) in [6.07, 6.45) is 0. The maximum absolute atomic E-state index is 13.2. The highest BCUT2D eigenvalue weighted by molar-refractivity contribution is 7.98. The largest absolute Gasteiger partial charge is 0.268 e. The van der Waals surface area contributed by atoms with Crippen LogP contribution in [0.5, 0.6) is 0 Å². The number of rotatable bonds is 4. The van der Waals surface area contributed by atoms with E-state index in [0.29, 0.717) is 38.1 Å². The Bertz CT molecular complexity index is 1280. The van der Waals surface area contributed by atoms with Crippen LogP contribution in [0.15, 0.2) is 82.7 Å². The molecule has 28 heavy (non-hydrogen) atoms. The van der Waals surface area contributed by atoms with Gasteiger partial charge in [-0.05, 0) is 42.0 Å². The van der Waals surface area contributed by atoms with Crippen molar-refractivity contribution in [3.63, 3.8) is 0 Å². The summed E-state index contributed by atoms with van der Waals surface area (Å²) < 4.78 is 1.56. The Morgan fingerprint density at radius 3 is 2.64 bits per heavy atom. The second kappa shape index (κ2) is 7.89. The lowest BCUT2D eigenvalue weighted by molar-refractivity contribution is 0.820. The molecule has 4 aromatic rings. The summed E-state index contributed by atoms with van der Waals surface area (Å²) in [6, 6.07) is 24.1. The molecule has 6 heteroatoms. The molecule has 0 saturated carbocycles. The standard InChI is InChI=1S/C22H14ClN3OS/c23-18-9-2-4-11-20(18)26-21(27)17-8-1-3-10-19(17)25-22(26)28-14-16-7-5-6-15(12-16)13-24/h1-12H,14H2. The highest BCUT2D eigenvalue weighted by atomic mass is 35.5. The molecule has 0 aliphatic rings. The first-order valence-corrected chi connectivity index (χ1v) is 9.92. The van der Waals surface area contributed by atoms with Gasteiger partial charge in [-0.2, -0.15) is 5.26 Å². The van der Waals surface area contributed by atoms with Gasteiger partial charge in [0.1, 0.15) is 0 Å². The number of halogens is 1. The van der Waals surface area contributed by atoms with E-state index in [1.165, 1.54) is 11.8 Å². The van der Waals surface area contributed by atoms with Gasteiger partial charge >= 0.3 is 0 Å². The molecule has 0 atom stereocenters. The third kappa shape index (κ3) is 3.53. The van der Waals surface area contributed by atoms with Gasteiger partial charge in [-0.25, -0.2) is 4.98 Å². The van der Waals surface area contributed by atoms with E-state index in [1.807, 2.05) is 48.5 Å². The first-order valence-electron chi connectivity index (χ1n) is 8.56. The van der Waals surface area contributed by atoms with Crippen molar-refractivity contribution < 1.29 is 0 Å². The van der Waals surface area contributed by atoms with Gasteiger partial charge in [-0.3, -0.25) is 9.36 Å². The quantitative estimate of drug-likeness (QED) is 0.347. The van der Waals surface area contributed by atoms with E-state index in [9.17, 15) is 4.79 Å². The number of fused-ring (bicyclic) bond motifs is 1. The van der Waals surface area contributed by atoms with Gasteiger partial charge in [0.2, 0.25) is 0 Å². The van der Waals surface area contributed by atoms with E-state index in [2.05, 4.69) is 6.07 Å². The predicted molar refractivity (Wildman–Crippen MR) is 113 cm³/mol. The Morgan fingerprint density at radius 1 is 1.04 bits per heavy atom. The predicted octanol–water partition coefficient (Wildman–Crippen LogP) is 5.20. The van der Waals surface area contributed by atoms with Crippen molar-refractivity contribution >= 4 is 34.3 Å². The number of hydrogen-bond donors (Lipinski definition) is 0. The minimum Gasteiger partial charge on any atom is -0.268 e. The lowest BCUT2D eigenvalue weighted by Crippen LogP contribution is -2.22. The van der Waals surface area contributed by atoms with Crippen LogP contribution in [0.2, 0.25) is 5.02 Å². The summed E-state index contributed by atoms with van der Waals surface area (Å²) in [5, 5.41) is 10.7. The van der Waals surface area contributed by atoms with Crippen molar-refractivity contribution in [1.82, 2.24) is 9.55 Å². The van der Waals surface area contributed by atoms with Crippen LogP contribution in [0, 0.1) is 11.3 Å². The Labute approximate surface area is 171 Å². The molecule has 0 aliphatic carbocycles. The first-order chi connectivity index (χ1) is 13.7. The molecule has 0 aliphatic heterocycles. The topological polar surface area (TPSA) is 58.7 Å². The molecule has 0 N–H and O–H groups in total. The summed E-state index contributed by atoms with van der Waals surface area (Å²) in [6.45, 7) is 0. The number of aromatic nitrogens is 2. The summed E-state index contributed by atoms with van der Waals surface area (Å²) in [5.74, 6) is 0.574. The Kier molecular flexibility index (Phi) is 5.16. The Morgan fingerprint density at radius 2 is 1.82 bits per heavy atom. The Hall–Kier alpha value is -3.07. The molecule has 4 nitrogen and oxygen atoms in total. The number of thioether (sulfide) groups is 1. The van der Waals surface area contributed by atoms with Crippen LogP contribution < -0.4 is 5.56 Å². The van der Waals surface area contributed by atoms with Crippen molar-refractivity contribution in [3.8, 4) is 11.8 Å². The normalized spacial score (nSPS) is 10.7. The summed E-state index contributed by atoms with van der Waals surface area (Å²) in [7, 11) is 0. The van der Waals surface area contributed by atoms with Gasteiger partial charge in [-0.15, -0.1) is 0 Å². The lowest BCUT2D eigenvalue weighted by Gasteiger charge is -2.14. The summed E-state index contributed by atoms with van der Waals surface area (Å²) in [4.78, 5) is 17.9. The van der Waals surface area contributed by atoms with Crippen molar-refractivity contribution in [2.24, 2.45) is 0 Å². The highest BCUT2D eigenvalue weighted by Crippen LogP contribution is 2.27. The molecular formula is C22H14ClN3OS. The molecule has 1 aromatic heterocycles. The zero-order chi connectivity index (χ0) is 19.5. The van der Waals surface area contributed by atoms with Crippen LogP contribution in [0.4, 0.5) is 0 Å². The number of para-hydroxylation sites is 2. The number of hydrogen-bond acceptors (Lipinski definition) is 4. The average Bonchev–Trinajstić information content (AvgIpc) is 2.73. The fraction of sp³-hybridized carbons (Fsp3) is 0.0455. The Balaban J connectivity index is 1.84. The number of nitrogens with zero attached hydrogens (tertiary/aromatic N) is 3. The third-order valence-corrected chi connectivity index (χ3v) is 5.59. The molecule has 0 fully saturated rings. The molecule has 1 heterocycles.